The monoisotopic (exact) mass is 227 g/mol. The van der Waals surface area contributed by atoms with Crippen LogP contribution in [0.1, 0.15) is 0 Å². The van der Waals surface area contributed by atoms with Crippen molar-refractivity contribution in [1.82, 2.24) is 0 Å². The summed E-state index contributed by atoms with van der Waals surface area (Å²) in [5.74, 6) is 0. The van der Waals surface area contributed by atoms with Gasteiger partial charge in [0.25, 0.3) is 0 Å². The highest BCUT2D eigenvalue weighted by Crippen LogP contribution is 1.98. The van der Waals surface area contributed by atoms with E-state index < -0.39 is 8.26 Å². The van der Waals surface area contributed by atoms with Crippen molar-refractivity contribution in [2.24, 2.45) is 0 Å². The fraction of sp³-hybridized carbons (Fsp3) is 0. The number of benzene rings is 1. The molecule has 0 radical (unpaired) electrons. The number of hydrogen-bond acceptors (Lipinski definition) is 3. The van der Waals surface area contributed by atoms with Gasteiger partial charge in [-0.1, -0.05) is 18.2 Å². The van der Waals surface area contributed by atoms with Crippen molar-refractivity contribution >= 4 is 35.3 Å². The number of hydrogen-bond donors (Lipinski definition) is 1. The molecule has 68 valence electrons. The zero-order chi connectivity index (χ0) is 9.61. The summed E-state index contributed by atoms with van der Waals surface area (Å²) in [4.78, 5) is 0. The first-order valence-electron chi connectivity index (χ1n) is 2.84. The fourth-order valence-corrected chi connectivity index (χ4v) is 0.453. The van der Waals surface area contributed by atoms with E-state index in [-0.39, 0.29) is 0 Å². The minimum Gasteiger partial charge on any atom is -0.399 e. The third-order valence-electron chi connectivity index (χ3n) is 0.800. The van der Waals surface area contributed by atoms with Gasteiger partial charge in [0.2, 0.25) is 0 Å². The summed E-state index contributed by atoms with van der Waals surface area (Å²) in [6, 6.07) is 9.49. The Hall–Kier alpha value is -0.450. The van der Waals surface area contributed by atoms with E-state index in [1.54, 1.807) is 0 Å². The lowest BCUT2D eigenvalue weighted by molar-refractivity contribution is 0.621. The first-order chi connectivity index (χ1) is 5.39. The molecule has 2 N–H and O–H groups in total. The van der Waals surface area contributed by atoms with Crippen LogP contribution < -0.4 is 5.73 Å². The Bertz CT molecular complexity index is 304. The number of halogens is 2. The molecule has 0 saturated carbocycles. The van der Waals surface area contributed by atoms with Crippen LogP contribution in [-0.2, 0) is 8.26 Å². The first kappa shape index (κ1) is 11.5. The van der Waals surface area contributed by atoms with Crippen LogP contribution in [0.2, 0.25) is 0 Å². The van der Waals surface area contributed by atoms with Gasteiger partial charge in [-0.25, -0.2) is 0 Å². The van der Waals surface area contributed by atoms with Crippen molar-refractivity contribution in [1.29, 1.82) is 0 Å². The van der Waals surface area contributed by atoms with Crippen molar-refractivity contribution in [2.75, 3.05) is 5.73 Å². The van der Waals surface area contributed by atoms with Crippen molar-refractivity contribution in [3.05, 3.63) is 30.3 Å². The second kappa shape index (κ2) is 5.24. The molecule has 0 atom stereocenters. The van der Waals surface area contributed by atoms with E-state index in [2.05, 4.69) is 21.4 Å². The Balaban J connectivity index is 0.000000217. The van der Waals surface area contributed by atoms with Gasteiger partial charge in [-0.3, -0.25) is 0 Å². The first-order valence-corrected chi connectivity index (χ1v) is 5.98. The van der Waals surface area contributed by atoms with Crippen molar-refractivity contribution in [3.8, 4) is 0 Å². The maximum absolute atomic E-state index is 9.16. The molecule has 0 fully saturated rings. The molecule has 0 aliphatic carbocycles. The molecule has 3 nitrogen and oxygen atoms in total. The van der Waals surface area contributed by atoms with E-state index in [0.29, 0.717) is 0 Å². The molecule has 1 rings (SSSR count). The highest BCUT2D eigenvalue weighted by atomic mass is 36.0. The molecule has 0 saturated heterocycles. The minimum absolute atomic E-state index is 0.822. The second-order valence-corrected chi connectivity index (χ2v) is 5.46. The Morgan fingerprint density at radius 3 is 1.58 bits per heavy atom. The van der Waals surface area contributed by atoms with Crippen molar-refractivity contribution in [3.63, 3.8) is 0 Å². The van der Waals surface area contributed by atoms with Crippen LogP contribution >= 0.6 is 21.4 Å². The number of para-hydroxylation sites is 1. The lowest BCUT2D eigenvalue weighted by atomic mass is 10.3. The van der Waals surface area contributed by atoms with Gasteiger partial charge in [0.1, 0.15) is 0 Å². The highest BCUT2D eigenvalue weighted by molar-refractivity contribution is 8.31. The zero-order valence-corrected chi connectivity index (χ0v) is 8.27. The van der Waals surface area contributed by atoms with Crippen LogP contribution in [0.15, 0.2) is 30.3 Å². The summed E-state index contributed by atoms with van der Waals surface area (Å²) >= 11 is 0. The number of nitrogens with two attached hydrogens (primary N) is 1. The molecule has 0 aliphatic heterocycles. The van der Waals surface area contributed by atoms with E-state index in [4.69, 9.17) is 14.2 Å². The van der Waals surface area contributed by atoms with Gasteiger partial charge in [-0.05, 0) is 12.1 Å². The van der Waals surface area contributed by atoms with E-state index in [1.807, 2.05) is 30.3 Å². The summed E-state index contributed by atoms with van der Waals surface area (Å²) in [5.41, 5.74) is 6.18. The molecule has 1 aromatic rings. The molecule has 1 aromatic carbocycles. The maximum Gasteiger partial charge on any atom is 0.317 e. The molecule has 0 aliphatic rings. The molecule has 6 heteroatoms. The van der Waals surface area contributed by atoms with Crippen LogP contribution in [0.25, 0.3) is 0 Å². The molecule has 0 spiro atoms. The van der Waals surface area contributed by atoms with Gasteiger partial charge in [0, 0.05) is 27.1 Å². The van der Waals surface area contributed by atoms with Gasteiger partial charge >= 0.3 is 8.26 Å². The van der Waals surface area contributed by atoms with Gasteiger partial charge in [-0.15, -0.1) is 0 Å². The Labute approximate surface area is 80.0 Å². The molecule has 0 aromatic heterocycles. The molecule has 0 bridgehead atoms. The predicted octanol–water partition coefficient (Wildman–Crippen LogP) is 1.98. The van der Waals surface area contributed by atoms with E-state index >= 15 is 0 Å². The van der Waals surface area contributed by atoms with Gasteiger partial charge < -0.3 is 5.73 Å². The second-order valence-electron chi connectivity index (χ2n) is 1.79. The minimum atomic E-state index is -3.72. The Morgan fingerprint density at radius 1 is 1.08 bits per heavy atom. The van der Waals surface area contributed by atoms with Gasteiger partial charge in [0.05, 0.1) is 0 Å². The fourth-order valence-electron chi connectivity index (χ4n) is 0.453. The summed E-state index contributed by atoms with van der Waals surface area (Å²) < 4.78 is 18.3. The SMILES string of the molecule is Nc1ccccc1.O=S(=O)(Cl)Cl. The standard InChI is InChI=1S/C6H7N.Cl2O2S/c7-6-4-2-1-3-5-6;1-5(2,3)4/h1-5H,7H2;. The van der Waals surface area contributed by atoms with Crippen LogP contribution in [0.4, 0.5) is 5.69 Å². The van der Waals surface area contributed by atoms with E-state index in [9.17, 15) is 0 Å². The molecule has 0 unspecified atom stereocenters. The van der Waals surface area contributed by atoms with Crippen molar-refractivity contribution in [2.45, 2.75) is 0 Å². The summed E-state index contributed by atoms with van der Waals surface area (Å²) in [6.07, 6.45) is 0. The summed E-state index contributed by atoms with van der Waals surface area (Å²) in [7, 11) is 4.81. The lowest BCUT2D eigenvalue weighted by Crippen LogP contribution is -1.79. The third-order valence-corrected chi connectivity index (χ3v) is 0.800. The van der Waals surface area contributed by atoms with Crippen LogP contribution in [0.3, 0.4) is 0 Å². The predicted molar refractivity (Wildman–Crippen MR) is 51.5 cm³/mol. The smallest absolute Gasteiger partial charge is 0.317 e. The Kier molecular flexibility index (Phi) is 5.04. The third kappa shape index (κ3) is 12.2. The normalized spacial score (nSPS) is 9.83. The van der Waals surface area contributed by atoms with E-state index in [0.717, 1.165) is 5.69 Å². The highest BCUT2D eigenvalue weighted by Gasteiger charge is 1.88. The lowest BCUT2D eigenvalue weighted by Gasteiger charge is -1.83. The zero-order valence-electron chi connectivity index (χ0n) is 5.94. The molecular formula is C6H7Cl2NO2S. The molecule has 12 heavy (non-hydrogen) atoms. The molecular weight excluding hydrogens is 221 g/mol. The molecule has 0 heterocycles. The Morgan fingerprint density at radius 2 is 1.42 bits per heavy atom. The number of nitrogen functional groups attached to an aromatic ring is 1. The van der Waals surface area contributed by atoms with Crippen LogP contribution in [0, 0.1) is 0 Å². The number of anilines is 1. The average Bonchev–Trinajstić information content (AvgIpc) is 1.85. The largest absolute Gasteiger partial charge is 0.399 e. The summed E-state index contributed by atoms with van der Waals surface area (Å²) in [5, 5.41) is 0. The van der Waals surface area contributed by atoms with Crippen molar-refractivity contribution < 1.29 is 8.42 Å². The quantitative estimate of drug-likeness (QED) is 0.545. The maximum atomic E-state index is 9.16. The molecule has 0 amide bonds. The van der Waals surface area contributed by atoms with Gasteiger partial charge in [0.15, 0.2) is 0 Å². The van der Waals surface area contributed by atoms with Crippen LogP contribution in [-0.4, -0.2) is 8.42 Å². The average molecular weight is 228 g/mol. The summed E-state index contributed by atoms with van der Waals surface area (Å²) in [6.45, 7) is 0. The van der Waals surface area contributed by atoms with Gasteiger partial charge in [-0.2, -0.15) is 8.42 Å². The number of rotatable bonds is 0. The van der Waals surface area contributed by atoms with E-state index in [1.165, 1.54) is 0 Å². The topological polar surface area (TPSA) is 60.2 Å². The van der Waals surface area contributed by atoms with Crippen LogP contribution in [0.5, 0.6) is 0 Å².